The average Bonchev–Trinajstić information content (AvgIpc) is 3.40. The predicted molar refractivity (Wildman–Crippen MR) is 128 cm³/mol. The first-order chi connectivity index (χ1) is 16.7. The molecule has 35 heavy (non-hydrogen) atoms. The van der Waals surface area contributed by atoms with Gasteiger partial charge in [-0.15, -0.1) is 0 Å². The molecule has 2 aliphatic heterocycles. The van der Waals surface area contributed by atoms with Crippen LogP contribution < -0.4 is 4.90 Å². The largest absolute Gasteiger partial charge is 0.305 e. The smallest absolute Gasteiger partial charge is 0.283 e. The van der Waals surface area contributed by atoms with E-state index in [9.17, 15) is 18.0 Å². The monoisotopic (exact) mass is 501 g/mol. The van der Waals surface area contributed by atoms with Gasteiger partial charge >= 0.3 is 0 Å². The van der Waals surface area contributed by atoms with Gasteiger partial charge in [0.15, 0.2) is 5.69 Å². The second kappa shape index (κ2) is 8.71. The molecule has 2 aliphatic rings. The highest BCUT2D eigenvalue weighted by Gasteiger charge is 2.44. The summed E-state index contributed by atoms with van der Waals surface area (Å²) in [5.74, 6) is -0.783. The van der Waals surface area contributed by atoms with Crippen molar-refractivity contribution >= 4 is 29.3 Å². The number of carbonyl (C=O) groups is 1. The number of benzene rings is 2. The van der Waals surface area contributed by atoms with Crippen LogP contribution in [0.15, 0.2) is 41.4 Å². The maximum atomic E-state index is 14.7. The van der Waals surface area contributed by atoms with Crippen molar-refractivity contribution in [2.75, 3.05) is 18.0 Å². The van der Waals surface area contributed by atoms with E-state index in [1.165, 1.54) is 30.3 Å². The van der Waals surface area contributed by atoms with E-state index in [0.29, 0.717) is 36.3 Å². The number of amides is 1. The molecule has 3 aromatic rings. The van der Waals surface area contributed by atoms with Crippen LogP contribution in [0.3, 0.4) is 0 Å². The molecule has 0 bridgehead atoms. The fraction of sp³-hybridized carbons (Fsp3) is 0.320. The number of rotatable bonds is 5. The fourth-order valence-electron chi connectivity index (χ4n) is 4.47. The number of imidazole rings is 1. The van der Waals surface area contributed by atoms with E-state index >= 15 is 0 Å². The molecule has 1 unspecified atom stereocenters. The Kier molecular flexibility index (Phi) is 5.83. The van der Waals surface area contributed by atoms with Gasteiger partial charge in [-0.2, -0.15) is 0 Å². The van der Waals surface area contributed by atoms with Gasteiger partial charge < -0.3 is 4.57 Å². The number of hydrogen-bond donors (Lipinski definition) is 0. The van der Waals surface area contributed by atoms with E-state index in [1.807, 2.05) is 11.8 Å². The lowest BCUT2D eigenvalue weighted by Gasteiger charge is -2.33. The van der Waals surface area contributed by atoms with Crippen molar-refractivity contribution in [1.82, 2.24) is 14.5 Å². The van der Waals surface area contributed by atoms with E-state index in [-0.39, 0.29) is 40.7 Å². The summed E-state index contributed by atoms with van der Waals surface area (Å²) in [5.41, 5.74) is 0.861. The van der Waals surface area contributed by atoms with Gasteiger partial charge in [-0.25, -0.2) is 23.1 Å². The second-order valence-electron chi connectivity index (χ2n) is 8.96. The number of nitrogens with zero attached hydrogens (tertiary/aromatic N) is 5. The molecule has 6 nitrogen and oxygen atoms in total. The summed E-state index contributed by atoms with van der Waals surface area (Å²) < 4.78 is 43.9. The van der Waals surface area contributed by atoms with Crippen LogP contribution in [0.2, 0.25) is 5.02 Å². The van der Waals surface area contributed by atoms with Gasteiger partial charge in [-0.1, -0.05) is 31.5 Å². The summed E-state index contributed by atoms with van der Waals surface area (Å²) >= 11 is 6.04. The SMILES string of the molecule is CCN1C(=O)c2nc(-c3ccc(F)c(Cl)c3)n(Cc3ccc(F)cc3F)c2N2CC(C(C)C)N=C12. The third-order valence-electron chi connectivity index (χ3n) is 6.39. The lowest BCUT2D eigenvalue weighted by molar-refractivity contribution is 0.0841. The standard InChI is InChI=1S/C25H23ClF3N5O/c1-4-32-24(35)21-23(34-12-20(13(2)3)30-25(32)34)33(11-15-5-7-16(27)10-19(15)29)22(31-21)14-6-8-18(28)17(26)9-14/h5-10,13,20H,4,11-12H2,1-3H3. The van der Waals surface area contributed by atoms with E-state index in [2.05, 4.69) is 18.8 Å². The minimum absolute atomic E-state index is 0.0334. The summed E-state index contributed by atoms with van der Waals surface area (Å²) in [5, 5.41) is -0.104. The third-order valence-corrected chi connectivity index (χ3v) is 6.67. The van der Waals surface area contributed by atoms with Crippen molar-refractivity contribution in [1.29, 1.82) is 0 Å². The van der Waals surface area contributed by atoms with Crippen LogP contribution in [0.4, 0.5) is 19.0 Å². The number of carbonyl (C=O) groups excluding carboxylic acids is 1. The number of aromatic nitrogens is 2. The Bertz CT molecular complexity index is 1370. The Hall–Kier alpha value is -3.33. The number of halogens is 4. The number of aliphatic imine (C=N–C) groups is 1. The second-order valence-corrected chi connectivity index (χ2v) is 9.37. The van der Waals surface area contributed by atoms with Crippen molar-refractivity contribution in [3.63, 3.8) is 0 Å². The number of hydrogen-bond acceptors (Lipinski definition) is 4. The average molecular weight is 502 g/mol. The van der Waals surface area contributed by atoms with Crippen molar-refractivity contribution in [3.8, 4) is 11.4 Å². The zero-order valence-electron chi connectivity index (χ0n) is 19.4. The molecule has 0 fully saturated rings. The molecule has 2 aromatic carbocycles. The van der Waals surface area contributed by atoms with Crippen LogP contribution in [0.1, 0.15) is 36.8 Å². The Morgan fingerprint density at radius 2 is 1.89 bits per heavy atom. The summed E-state index contributed by atoms with van der Waals surface area (Å²) in [4.78, 5) is 26.4. The van der Waals surface area contributed by atoms with E-state index in [1.54, 1.807) is 9.47 Å². The van der Waals surface area contributed by atoms with Gasteiger partial charge in [-0.3, -0.25) is 14.6 Å². The van der Waals surface area contributed by atoms with Crippen molar-refractivity contribution < 1.29 is 18.0 Å². The molecule has 10 heteroatoms. The maximum absolute atomic E-state index is 14.7. The predicted octanol–water partition coefficient (Wildman–Crippen LogP) is 5.35. The van der Waals surface area contributed by atoms with Crippen LogP contribution >= 0.6 is 11.6 Å². The van der Waals surface area contributed by atoms with Crippen molar-refractivity contribution in [3.05, 3.63) is 70.1 Å². The molecular formula is C25H23ClF3N5O. The zero-order chi connectivity index (χ0) is 25.0. The number of anilines is 1. The molecule has 0 N–H and O–H groups in total. The molecule has 0 spiro atoms. The van der Waals surface area contributed by atoms with Crippen LogP contribution in [-0.2, 0) is 6.54 Å². The van der Waals surface area contributed by atoms with Crippen LogP contribution in [0.25, 0.3) is 11.4 Å². The molecule has 1 aromatic heterocycles. The zero-order valence-corrected chi connectivity index (χ0v) is 20.2. The lowest BCUT2D eigenvalue weighted by Crippen LogP contribution is -2.50. The summed E-state index contributed by atoms with van der Waals surface area (Å²) in [6.07, 6.45) is 0. The van der Waals surface area contributed by atoms with E-state index in [4.69, 9.17) is 16.6 Å². The molecule has 1 atom stereocenters. The molecule has 0 saturated carbocycles. The molecule has 1 amide bonds. The first-order valence-electron chi connectivity index (χ1n) is 11.4. The van der Waals surface area contributed by atoms with Gasteiger partial charge in [0.05, 0.1) is 24.2 Å². The maximum Gasteiger partial charge on any atom is 0.283 e. The number of guanidine groups is 1. The Morgan fingerprint density at radius 1 is 1.11 bits per heavy atom. The highest BCUT2D eigenvalue weighted by Crippen LogP contribution is 2.38. The fourth-order valence-corrected chi connectivity index (χ4v) is 4.66. The topological polar surface area (TPSA) is 53.7 Å². The van der Waals surface area contributed by atoms with Gasteiger partial charge in [0.2, 0.25) is 5.96 Å². The van der Waals surface area contributed by atoms with E-state index in [0.717, 1.165) is 6.07 Å². The minimum atomic E-state index is -0.719. The van der Waals surface area contributed by atoms with Crippen molar-refractivity contribution in [2.45, 2.75) is 33.4 Å². The van der Waals surface area contributed by atoms with Crippen LogP contribution in [0, 0.1) is 23.4 Å². The van der Waals surface area contributed by atoms with Crippen LogP contribution in [-0.4, -0.2) is 45.4 Å². The van der Waals surface area contributed by atoms with Gasteiger partial charge in [0, 0.05) is 23.7 Å². The minimum Gasteiger partial charge on any atom is -0.305 e. The van der Waals surface area contributed by atoms with Crippen LogP contribution in [0.5, 0.6) is 0 Å². The van der Waals surface area contributed by atoms with Gasteiger partial charge in [0.1, 0.15) is 29.1 Å². The summed E-state index contributed by atoms with van der Waals surface area (Å²) in [6, 6.07) is 7.44. The first kappa shape index (κ1) is 23.4. The molecule has 182 valence electrons. The van der Waals surface area contributed by atoms with Gasteiger partial charge in [0.25, 0.3) is 5.91 Å². The highest BCUT2D eigenvalue weighted by atomic mass is 35.5. The normalized spacial score (nSPS) is 17.2. The highest BCUT2D eigenvalue weighted by molar-refractivity contribution is 6.31. The first-order valence-corrected chi connectivity index (χ1v) is 11.7. The molecule has 0 aliphatic carbocycles. The third kappa shape index (κ3) is 3.87. The summed E-state index contributed by atoms with van der Waals surface area (Å²) in [6.45, 7) is 6.86. The van der Waals surface area contributed by atoms with E-state index < -0.39 is 17.5 Å². The summed E-state index contributed by atoms with van der Waals surface area (Å²) in [7, 11) is 0. The molecule has 0 radical (unpaired) electrons. The molecule has 5 rings (SSSR count). The molecular weight excluding hydrogens is 479 g/mol. The quantitative estimate of drug-likeness (QED) is 0.474. The Labute approximate surface area is 205 Å². The number of fused-ring (bicyclic) bond motifs is 3. The Morgan fingerprint density at radius 3 is 2.54 bits per heavy atom. The van der Waals surface area contributed by atoms with Crippen molar-refractivity contribution in [2.24, 2.45) is 10.9 Å². The lowest BCUT2D eigenvalue weighted by atomic mass is 10.1. The molecule has 0 saturated heterocycles. The Balaban J connectivity index is 1.74. The van der Waals surface area contributed by atoms with Gasteiger partial charge in [-0.05, 0) is 37.1 Å². The molecule has 3 heterocycles.